The van der Waals surface area contributed by atoms with Crippen LogP contribution in [-0.4, -0.2) is 48.3 Å². The monoisotopic (exact) mass is 475 g/mol. The van der Waals surface area contributed by atoms with Crippen molar-refractivity contribution in [3.8, 4) is 0 Å². The number of halogens is 1. The molecule has 158 valence electrons. The Bertz CT molecular complexity index is 1130. The maximum Gasteiger partial charge on any atom is 0.271 e. The van der Waals surface area contributed by atoms with E-state index in [2.05, 4.69) is 9.62 Å². The topological polar surface area (TPSA) is 86.8 Å². The second-order valence-corrected chi connectivity index (χ2v) is 13.5. The van der Waals surface area contributed by atoms with Gasteiger partial charge in [0.1, 0.15) is 8.42 Å². The molecule has 0 spiro atoms. The number of rotatable bonds is 6. The number of nitrogens with zero attached hydrogens (tertiary/aromatic N) is 2. The lowest BCUT2D eigenvalue weighted by Gasteiger charge is -2.48. The fraction of sp³-hybridized carbons (Fsp3) is 0.444. The van der Waals surface area contributed by atoms with Crippen molar-refractivity contribution in [3.05, 3.63) is 35.4 Å². The Hall–Kier alpha value is -1.33. The summed E-state index contributed by atoms with van der Waals surface area (Å²) >= 11 is 7.16. The minimum Gasteiger partial charge on any atom is -0.368 e. The fourth-order valence-electron chi connectivity index (χ4n) is 3.93. The lowest BCUT2D eigenvalue weighted by molar-refractivity contribution is 0.159. The number of para-hydroxylation sites is 1. The number of sulfonamides is 2. The SMILES string of the molecule is CN(C)S(=O)(=O)c1ccc(S(=O)(=O)Nc2cccc(Cl)c2N2CC3CC(C3)C2)s1. The van der Waals surface area contributed by atoms with Crippen molar-refractivity contribution < 1.29 is 16.8 Å². The van der Waals surface area contributed by atoms with Gasteiger partial charge in [-0.25, -0.2) is 21.1 Å². The van der Waals surface area contributed by atoms with Crippen LogP contribution in [0.4, 0.5) is 11.4 Å². The number of hydrogen-bond donors (Lipinski definition) is 1. The van der Waals surface area contributed by atoms with E-state index < -0.39 is 20.0 Å². The Morgan fingerprint density at radius 3 is 2.28 bits per heavy atom. The maximum absolute atomic E-state index is 13.0. The zero-order chi connectivity index (χ0) is 21.0. The van der Waals surface area contributed by atoms with Gasteiger partial charge in [0, 0.05) is 27.2 Å². The van der Waals surface area contributed by atoms with Crippen LogP contribution in [0, 0.1) is 11.8 Å². The molecule has 3 aliphatic rings. The zero-order valence-corrected chi connectivity index (χ0v) is 19.2. The van der Waals surface area contributed by atoms with Crippen molar-refractivity contribution in [2.24, 2.45) is 11.8 Å². The lowest BCUT2D eigenvalue weighted by atomic mass is 9.71. The van der Waals surface area contributed by atoms with Crippen LogP contribution >= 0.6 is 22.9 Å². The third-order valence-electron chi connectivity index (χ3n) is 5.39. The van der Waals surface area contributed by atoms with E-state index in [0.717, 1.165) is 28.7 Å². The molecule has 1 aliphatic carbocycles. The molecule has 2 aliphatic heterocycles. The quantitative estimate of drug-likeness (QED) is 0.692. The van der Waals surface area contributed by atoms with E-state index in [1.165, 1.54) is 39.1 Å². The van der Waals surface area contributed by atoms with Gasteiger partial charge >= 0.3 is 0 Å². The van der Waals surface area contributed by atoms with Gasteiger partial charge in [-0.15, -0.1) is 11.3 Å². The van der Waals surface area contributed by atoms with E-state index in [4.69, 9.17) is 11.6 Å². The highest BCUT2D eigenvalue weighted by atomic mass is 35.5. The average Bonchev–Trinajstić information content (AvgIpc) is 3.12. The van der Waals surface area contributed by atoms with Gasteiger partial charge in [0.15, 0.2) is 0 Å². The van der Waals surface area contributed by atoms with E-state index in [-0.39, 0.29) is 8.42 Å². The smallest absolute Gasteiger partial charge is 0.271 e. The van der Waals surface area contributed by atoms with Crippen LogP contribution in [0.15, 0.2) is 38.8 Å². The van der Waals surface area contributed by atoms with Gasteiger partial charge in [-0.3, -0.25) is 4.72 Å². The van der Waals surface area contributed by atoms with Crippen LogP contribution in [0.3, 0.4) is 0 Å². The van der Waals surface area contributed by atoms with Crippen LogP contribution in [0.5, 0.6) is 0 Å². The molecule has 3 heterocycles. The molecule has 11 heteroatoms. The number of benzene rings is 1. The summed E-state index contributed by atoms with van der Waals surface area (Å²) < 4.78 is 54.0. The molecule has 2 bridgehead atoms. The van der Waals surface area contributed by atoms with Crippen LogP contribution in [0.2, 0.25) is 5.02 Å². The van der Waals surface area contributed by atoms with Crippen molar-refractivity contribution >= 4 is 54.4 Å². The number of hydrogen-bond acceptors (Lipinski definition) is 6. The lowest BCUT2D eigenvalue weighted by Crippen LogP contribution is -2.49. The predicted octanol–water partition coefficient (Wildman–Crippen LogP) is 3.30. The number of anilines is 2. The Labute approximate surface area is 180 Å². The molecular weight excluding hydrogens is 454 g/mol. The molecule has 5 rings (SSSR count). The van der Waals surface area contributed by atoms with Crippen LogP contribution in [0.1, 0.15) is 12.8 Å². The van der Waals surface area contributed by atoms with Gasteiger partial charge in [0.25, 0.3) is 20.0 Å². The number of piperidine rings is 2. The first kappa shape index (κ1) is 20.9. The molecule has 7 nitrogen and oxygen atoms in total. The van der Waals surface area contributed by atoms with Gasteiger partial charge in [-0.1, -0.05) is 17.7 Å². The molecule has 1 aromatic carbocycles. The molecule has 1 saturated carbocycles. The molecule has 0 unspecified atom stereocenters. The third kappa shape index (κ3) is 3.88. The van der Waals surface area contributed by atoms with E-state index in [0.29, 0.717) is 28.2 Å². The zero-order valence-electron chi connectivity index (χ0n) is 16.0. The number of fused-ring (bicyclic) bond motifs is 2. The van der Waals surface area contributed by atoms with Crippen LogP contribution in [-0.2, 0) is 20.0 Å². The van der Waals surface area contributed by atoms with Crippen molar-refractivity contribution in [1.82, 2.24) is 4.31 Å². The highest BCUT2D eigenvalue weighted by Crippen LogP contribution is 2.45. The Kier molecular flexibility index (Phi) is 5.35. The Morgan fingerprint density at radius 2 is 1.66 bits per heavy atom. The third-order valence-corrected chi connectivity index (χ3v) is 10.9. The second-order valence-electron chi connectivity index (χ2n) is 7.71. The number of nitrogens with one attached hydrogen (secondary N) is 1. The molecule has 29 heavy (non-hydrogen) atoms. The molecule has 1 aromatic heterocycles. The van der Waals surface area contributed by atoms with E-state index in [1.54, 1.807) is 18.2 Å². The highest BCUT2D eigenvalue weighted by molar-refractivity contribution is 7.96. The van der Waals surface area contributed by atoms with E-state index >= 15 is 0 Å². The summed E-state index contributed by atoms with van der Waals surface area (Å²) in [6.45, 7) is 1.72. The van der Waals surface area contributed by atoms with Gasteiger partial charge in [0.05, 0.1) is 16.4 Å². The first-order valence-corrected chi connectivity index (χ1v) is 13.3. The van der Waals surface area contributed by atoms with E-state index in [1.807, 2.05) is 0 Å². The Morgan fingerprint density at radius 1 is 1.03 bits per heavy atom. The van der Waals surface area contributed by atoms with Crippen LogP contribution < -0.4 is 9.62 Å². The maximum atomic E-state index is 13.0. The van der Waals surface area contributed by atoms with Gasteiger partial charge in [-0.2, -0.15) is 0 Å². The van der Waals surface area contributed by atoms with Crippen molar-refractivity contribution in [1.29, 1.82) is 0 Å². The molecule has 3 fully saturated rings. The van der Waals surface area contributed by atoms with Gasteiger partial charge < -0.3 is 4.90 Å². The molecule has 2 aromatic rings. The minimum atomic E-state index is -3.96. The highest BCUT2D eigenvalue weighted by Gasteiger charge is 2.38. The summed E-state index contributed by atoms with van der Waals surface area (Å²) in [4.78, 5) is 2.15. The minimum absolute atomic E-state index is 0.0229. The predicted molar refractivity (Wildman–Crippen MR) is 116 cm³/mol. The summed E-state index contributed by atoms with van der Waals surface area (Å²) in [5.74, 6) is 1.26. The first-order chi connectivity index (χ1) is 13.6. The normalized spacial score (nSPS) is 21.9. The average molecular weight is 476 g/mol. The van der Waals surface area contributed by atoms with Crippen molar-refractivity contribution in [2.45, 2.75) is 21.3 Å². The molecule has 0 amide bonds. The van der Waals surface area contributed by atoms with Gasteiger partial charge in [0.2, 0.25) is 0 Å². The fourth-order valence-corrected chi connectivity index (χ4v) is 8.23. The van der Waals surface area contributed by atoms with Crippen LogP contribution in [0.25, 0.3) is 0 Å². The molecule has 1 N–H and O–H groups in total. The molecular formula is C18H22ClN3O4S3. The molecule has 0 radical (unpaired) electrons. The van der Waals surface area contributed by atoms with Crippen molar-refractivity contribution in [3.63, 3.8) is 0 Å². The number of thiophene rings is 1. The summed E-state index contributed by atoms with van der Waals surface area (Å²) in [6, 6.07) is 7.76. The Balaban J connectivity index is 1.64. The first-order valence-electron chi connectivity index (χ1n) is 9.16. The van der Waals surface area contributed by atoms with Crippen molar-refractivity contribution in [2.75, 3.05) is 36.8 Å². The summed E-state index contributed by atoms with van der Waals surface area (Å²) in [6.07, 6.45) is 2.45. The summed E-state index contributed by atoms with van der Waals surface area (Å²) in [5.41, 5.74) is 1.09. The largest absolute Gasteiger partial charge is 0.368 e. The van der Waals surface area contributed by atoms with Gasteiger partial charge in [-0.05, 0) is 48.9 Å². The van der Waals surface area contributed by atoms with E-state index in [9.17, 15) is 16.8 Å². The summed E-state index contributed by atoms with van der Waals surface area (Å²) in [7, 11) is -4.84. The molecule has 2 saturated heterocycles. The molecule has 0 atom stereocenters. The summed E-state index contributed by atoms with van der Waals surface area (Å²) in [5, 5.41) is 0.494. The standard InChI is InChI=1S/C18H22ClN3O4S3/c1-21(2)29(25,26)17-7-6-16(27-17)28(23,24)20-15-5-3-4-14(19)18(15)22-10-12-8-13(9-12)11-22/h3-7,12-13,20H,8-11H2,1-2H3. The second kappa shape index (κ2) is 7.42.